The maximum absolute atomic E-state index is 12.8. The molecule has 0 atom stereocenters. The first-order valence-corrected chi connectivity index (χ1v) is 11.4. The van der Waals surface area contributed by atoms with Gasteiger partial charge in [-0.15, -0.1) is 0 Å². The second kappa shape index (κ2) is 9.76. The summed E-state index contributed by atoms with van der Waals surface area (Å²) < 4.78 is 32.9. The van der Waals surface area contributed by atoms with Crippen LogP contribution in [0, 0.1) is 6.92 Å². The zero-order valence-electron chi connectivity index (χ0n) is 17.8. The number of para-hydroxylation sites is 1. The van der Waals surface area contributed by atoms with E-state index in [4.69, 9.17) is 4.74 Å². The third-order valence-electron chi connectivity index (χ3n) is 4.42. The van der Waals surface area contributed by atoms with E-state index >= 15 is 0 Å². The molecule has 3 aromatic carbocycles. The summed E-state index contributed by atoms with van der Waals surface area (Å²) in [6, 6.07) is 20.8. The summed E-state index contributed by atoms with van der Waals surface area (Å²) in [5, 5.41) is 2.79. The molecule has 162 valence electrons. The summed E-state index contributed by atoms with van der Waals surface area (Å²) in [5.74, 6) is 0.137. The van der Waals surface area contributed by atoms with E-state index in [1.54, 1.807) is 44.2 Å². The van der Waals surface area contributed by atoms with Gasteiger partial charge in [-0.05, 0) is 62.7 Å². The van der Waals surface area contributed by atoms with Gasteiger partial charge in [0.15, 0.2) is 0 Å². The molecule has 31 heavy (non-hydrogen) atoms. The molecule has 6 nitrogen and oxygen atoms in total. The largest absolute Gasteiger partial charge is 0.488 e. The molecule has 0 spiro atoms. The first-order valence-electron chi connectivity index (χ1n) is 9.96. The number of benzene rings is 3. The van der Waals surface area contributed by atoms with E-state index < -0.39 is 10.0 Å². The molecule has 0 saturated carbocycles. The number of anilines is 1. The predicted molar refractivity (Wildman–Crippen MR) is 122 cm³/mol. The Morgan fingerprint density at radius 1 is 0.968 bits per heavy atom. The van der Waals surface area contributed by atoms with Gasteiger partial charge in [0.05, 0.1) is 10.5 Å². The van der Waals surface area contributed by atoms with Crippen molar-refractivity contribution in [3.8, 4) is 5.75 Å². The van der Waals surface area contributed by atoms with E-state index in [0.29, 0.717) is 23.6 Å². The molecular weight excluding hydrogens is 412 g/mol. The van der Waals surface area contributed by atoms with Gasteiger partial charge in [0.25, 0.3) is 5.91 Å². The standard InChI is InChI=1S/C24H26N2O4S/c1-17(2)26-31(28,29)21-13-11-20(12-14-21)25-24(27)22-9-4-5-10-23(22)30-16-19-8-6-7-18(3)15-19/h4-15,17,26H,16H2,1-3H3,(H,25,27). The van der Waals surface area contributed by atoms with Gasteiger partial charge < -0.3 is 10.1 Å². The summed E-state index contributed by atoms with van der Waals surface area (Å²) in [4.78, 5) is 12.9. The minimum Gasteiger partial charge on any atom is -0.488 e. The predicted octanol–water partition coefficient (Wildman–Crippen LogP) is 4.51. The smallest absolute Gasteiger partial charge is 0.259 e. The summed E-state index contributed by atoms with van der Waals surface area (Å²) in [6.45, 7) is 5.87. The first-order chi connectivity index (χ1) is 14.7. The second-order valence-electron chi connectivity index (χ2n) is 7.53. The topological polar surface area (TPSA) is 84.5 Å². The molecule has 0 aliphatic carbocycles. The Morgan fingerprint density at radius 3 is 2.35 bits per heavy atom. The fraction of sp³-hybridized carbons (Fsp3) is 0.208. The highest BCUT2D eigenvalue weighted by molar-refractivity contribution is 7.89. The van der Waals surface area contributed by atoms with Crippen LogP contribution >= 0.6 is 0 Å². The van der Waals surface area contributed by atoms with E-state index in [1.165, 1.54) is 12.1 Å². The molecule has 2 N–H and O–H groups in total. The van der Waals surface area contributed by atoms with Gasteiger partial charge in [0.2, 0.25) is 10.0 Å². The van der Waals surface area contributed by atoms with Gasteiger partial charge in [-0.25, -0.2) is 13.1 Å². The molecule has 0 saturated heterocycles. The summed E-state index contributed by atoms with van der Waals surface area (Å²) in [7, 11) is -3.58. The zero-order chi connectivity index (χ0) is 22.4. The molecule has 0 radical (unpaired) electrons. The Hall–Kier alpha value is -3.16. The van der Waals surface area contributed by atoms with Crippen LogP contribution in [-0.2, 0) is 16.6 Å². The van der Waals surface area contributed by atoms with Gasteiger partial charge in [-0.2, -0.15) is 0 Å². The fourth-order valence-electron chi connectivity index (χ4n) is 3.04. The fourth-order valence-corrected chi connectivity index (χ4v) is 4.29. The van der Waals surface area contributed by atoms with Crippen molar-refractivity contribution >= 4 is 21.6 Å². The van der Waals surface area contributed by atoms with Crippen LogP contribution in [0.5, 0.6) is 5.75 Å². The van der Waals surface area contributed by atoms with Gasteiger partial charge in [0.1, 0.15) is 12.4 Å². The Morgan fingerprint density at radius 2 is 1.68 bits per heavy atom. The third-order valence-corrected chi connectivity index (χ3v) is 6.10. The molecule has 3 rings (SSSR count). The molecule has 3 aromatic rings. The van der Waals surface area contributed by atoms with Crippen molar-refractivity contribution in [2.24, 2.45) is 0 Å². The highest BCUT2D eigenvalue weighted by atomic mass is 32.2. The Kier molecular flexibility index (Phi) is 7.09. The molecule has 0 heterocycles. The van der Waals surface area contributed by atoms with E-state index in [0.717, 1.165) is 11.1 Å². The van der Waals surface area contributed by atoms with E-state index in [1.807, 2.05) is 37.3 Å². The van der Waals surface area contributed by atoms with Crippen LogP contribution in [0.3, 0.4) is 0 Å². The zero-order valence-corrected chi connectivity index (χ0v) is 18.6. The molecule has 0 aliphatic heterocycles. The van der Waals surface area contributed by atoms with E-state index in [9.17, 15) is 13.2 Å². The van der Waals surface area contributed by atoms with Crippen molar-refractivity contribution in [1.82, 2.24) is 4.72 Å². The maximum atomic E-state index is 12.8. The van der Waals surface area contributed by atoms with Crippen LogP contribution in [0.15, 0.2) is 77.7 Å². The van der Waals surface area contributed by atoms with Crippen LogP contribution in [0.1, 0.15) is 35.3 Å². The normalized spacial score (nSPS) is 11.4. The van der Waals surface area contributed by atoms with Crippen molar-refractivity contribution in [1.29, 1.82) is 0 Å². The minimum atomic E-state index is -3.58. The number of hydrogen-bond donors (Lipinski definition) is 2. The quantitative estimate of drug-likeness (QED) is 0.542. The number of aryl methyl sites for hydroxylation is 1. The lowest BCUT2D eigenvalue weighted by Gasteiger charge is -2.13. The number of amides is 1. The number of carbonyl (C=O) groups excluding carboxylic acids is 1. The molecule has 0 unspecified atom stereocenters. The monoisotopic (exact) mass is 438 g/mol. The van der Waals surface area contributed by atoms with Crippen molar-refractivity contribution in [3.63, 3.8) is 0 Å². The Bertz CT molecular complexity index is 1160. The first kappa shape index (κ1) is 22.5. The lowest BCUT2D eigenvalue weighted by atomic mass is 10.1. The number of rotatable bonds is 8. The average Bonchev–Trinajstić information content (AvgIpc) is 2.72. The van der Waals surface area contributed by atoms with Crippen LogP contribution in [0.2, 0.25) is 0 Å². The third kappa shape index (κ3) is 6.16. The summed E-state index contributed by atoms with van der Waals surface area (Å²) >= 11 is 0. The molecule has 1 amide bonds. The molecule has 0 aromatic heterocycles. The SMILES string of the molecule is Cc1cccc(COc2ccccc2C(=O)Nc2ccc(S(=O)(=O)NC(C)C)cc2)c1. The van der Waals surface area contributed by atoms with Gasteiger partial charge in [0, 0.05) is 11.7 Å². The number of carbonyl (C=O) groups is 1. The highest BCUT2D eigenvalue weighted by Gasteiger charge is 2.16. The van der Waals surface area contributed by atoms with E-state index in [2.05, 4.69) is 10.0 Å². The Balaban J connectivity index is 1.71. The number of sulfonamides is 1. The van der Waals surface area contributed by atoms with Crippen LogP contribution < -0.4 is 14.8 Å². The molecule has 0 bridgehead atoms. The lowest BCUT2D eigenvalue weighted by molar-refractivity contribution is 0.102. The lowest BCUT2D eigenvalue weighted by Crippen LogP contribution is -2.30. The highest BCUT2D eigenvalue weighted by Crippen LogP contribution is 2.22. The van der Waals surface area contributed by atoms with Crippen molar-refractivity contribution < 1.29 is 17.9 Å². The average molecular weight is 439 g/mol. The van der Waals surface area contributed by atoms with Gasteiger partial charge >= 0.3 is 0 Å². The number of nitrogens with one attached hydrogen (secondary N) is 2. The molecule has 0 aliphatic rings. The van der Waals surface area contributed by atoms with Crippen molar-refractivity contribution in [3.05, 3.63) is 89.5 Å². The minimum absolute atomic E-state index is 0.140. The molecule has 7 heteroatoms. The van der Waals surface area contributed by atoms with Crippen LogP contribution in [0.4, 0.5) is 5.69 Å². The number of hydrogen-bond acceptors (Lipinski definition) is 4. The second-order valence-corrected chi connectivity index (χ2v) is 9.24. The summed E-state index contributed by atoms with van der Waals surface area (Å²) in [5.41, 5.74) is 3.04. The number of ether oxygens (including phenoxy) is 1. The van der Waals surface area contributed by atoms with Gasteiger partial charge in [-0.1, -0.05) is 42.0 Å². The van der Waals surface area contributed by atoms with Crippen LogP contribution in [-0.4, -0.2) is 20.4 Å². The van der Waals surface area contributed by atoms with Crippen LogP contribution in [0.25, 0.3) is 0 Å². The van der Waals surface area contributed by atoms with Crippen molar-refractivity contribution in [2.75, 3.05) is 5.32 Å². The van der Waals surface area contributed by atoms with Gasteiger partial charge in [-0.3, -0.25) is 4.79 Å². The molecule has 0 fully saturated rings. The maximum Gasteiger partial charge on any atom is 0.259 e. The van der Waals surface area contributed by atoms with E-state index in [-0.39, 0.29) is 16.8 Å². The molecular formula is C24H26N2O4S. The Labute approximate surface area is 183 Å². The summed E-state index contributed by atoms with van der Waals surface area (Å²) in [6.07, 6.45) is 0. The van der Waals surface area contributed by atoms with Crippen molar-refractivity contribution in [2.45, 2.75) is 38.3 Å².